The molecule has 106 valence electrons. The SMILES string of the molecule is COc1ccc(C(Cl)c2ccc(Br)cc2OC)cc1Cl. The summed E-state index contributed by atoms with van der Waals surface area (Å²) < 4.78 is 11.5. The lowest BCUT2D eigenvalue weighted by molar-refractivity contribution is 0.409. The minimum Gasteiger partial charge on any atom is -0.496 e. The number of hydrogen-bond donors (Lipinski definition) is 0. The van der Waals surface area contributed by atoms with Gasteiger partial charge in [0.2, 0.25) is 0 Å². The van der Waals surface area contributed by atoms with Gasteiger partial charge in [-0.3, -0.25) is 0 Å². The molecule has 2 aromatic carbocycles. The average Bonchev–Trinajstić information content (AvgIpc) is 2.46. The number of hydrogen-bond acceptors (Lipinski definition) is 2. The van der Waals surface area contributed by atoms with Crippen molar-refractivity contribution in [3.63, 3.8) is 0 Å². The maximum atomic E-state index is 6.54. The lowest BCUT2D eigenvalue weighted by Crippen LogP contribution is -1.98. The minimum absolute atomic E-state index is 0.346. The summed E-state index contributed by atoms with van der Waals surface area (Å²) in [6.45, 7) is 0. The molecule has 0 N–H and O–H groups in total. The summed E-state index contributed by atoms with van der Waals surface area (Å²) in [5.41, 5.74) is 1.77. The number of ether oxygens (including phenoxy) is 2. The Balaban J connectivity index is 2.40. The first-order chi connectivity index (χ1) is 9.56. The van der Waals surface area contributed by atoms with Crippen molar-refractivity contribution in [1.82, 2.24) is 0 Å². The van der Waals surface area contributed by atoms with Crippen LogP contribution >= 0.6 is 39.1 Å². The molecule has 0 amide bonds. The molecule has 0 heterocycles. The van der Waals surface area contributed by atoms with E-state index in [9.17, 15) is 0 Å². The van der Waals surface area contributed by atoms with Gasteiger partial charge in [-0.1, -0.05) is 39.7 Å². The Hall–Kier alpha value is -0.900. The fourth-order valence-electron chi connectivity index (χ4n) is 1.91. The van der Waals surface area contributed by atoms with E-state index in [2.05, 4.69) is 15.9 Å². The Morgan fingerprint density at radius 1 is 1.00 bits per heavy atom. The number of methoxy groups -OCH3 is 2. The summed E-state index contributed by atoms with van der Waals surface area (Å²) in [6.07, 6.45) is 0. The Kier molecular flexibility index (Phi) is 5.19. The number of alkyl halides is 1. The monoisotopic (exact) mass is 374 g/mol. The zero-order valence-electron chi connectivity index (χ0n) is 11.0. The molecular weight excluding hydrogens is 363 g/mol. The van der Waals surface area contributed by atoms with Gasteiger partial charge in [0, 0.05) is 10.0 Å². The lowest BCUT2D eigenvalue weighted by Gasteiger charge is -2.15. The fraction of sp³-hybridized carbons (Fsp3) is 0.200. The molecule has 0 aliphatic rings. The van der Waals surface area contributed by atoms with Crippen molar-refractivity contribution in [3.05, 3.63) is 57.0 Å². The van der Waals surface area contributed by atoms with Gasteiger partial charge in [-0.15, -0.1) is 11.6 Å². The van der Waals surface area contributed by atoms with Gasteiger partial charge < -0.3 is 9.47 Å². The molecule has 0 aliphatic heterocycles. The summed E-state index contributed by atoms with van der Waals surface area (Å²) >= 11 is 16.1. The molecule has 1 atom stereocenters. The van der Waals surface area contributed by atoms with Crippen molar-refractivity contribution in [3.8, 4) is 11.5 Å². The van der Waals surface area contributed by atoms with Crippen LogP contribution in [-0.2, 0) is 0 Å². The maximum Gasteiger partial charge on any atom is 0.137 e. The predicted octanol–water partition coefficient (Wildman–Crippen LogP) is 5.45. The van der Waals surface area contributed by atoms with Gasteiger partial charge in [-0.05, 0) is 29.8 Å². The molecule has 2 aromatic rings. The first-order valence-corrected chi connectivity index (χ1v) is 7.48. The first-order valence-electron chi connectivity index (χ1n) is 5.87. The average molecular weight is 376 g/mol. The normalized spacial score (nSPS) is 12.1. The summed E-state index contributed by atoms with van der Waals surface area (Å²) in [6, 6.07) is 11.2. The van der Waals surface area contributed by atoms with E-state index in [1.807, 2.05) is 24.3 Å². The molecule has 5 heteroatoms. The topological polar surface area (TPSA) is 18.5 Å². The van der Waals surface area contributed by atoms with E-state index < -0.39 is 0 Å². The van der Waals surface area contributed by atoms with Crippen LogP contribution in [-0.4, -0.2) is 14.2 Å². The van der Waals surface area contributed by atoms with Crippen molar-refractivity contribution in [1.29, 1.82) is 0 Å². The smallest absolute Gasteiger partial charge is 0.137 e. The van der Waals surface area contributed by atoms with Gasteiger partial charge in [-0.2, -0.15) is 0 Å². The number of benzene rings is 2. The van der Waals surface area contributed by atoms with Crippen molar-refractivity contribution >= 4 is 39.1 Å². The molecule has 0 aliphatic carbocycles. The van der Waals surface area contributed by atoms with Crippen LogP contribution < -0.4 is 9.47 Å². The fourth-order valence-corrected chi connectivity index (χ4v) is 2.84. The highest BCUT2D eigenvalue weighted by atomic mass is 79.9. The Labute approximate surface area is 136 Å². The van der Waals surface area contributed by atoms with E-state index >= 15 is 0 Å². The molecule has 0 radical (unpaired) electrons. The minimum atomic E-state index is -0.346. The van der Waals surface area contributed by atoms with Gasteiger partial charge in [0.05, 0.1) is 24.6 Å². The Morgan fingerprint density at radius 3 is 2.30 bits per heavy atom. The van der Waals surface area contributed by atoms with Crippen LogP contribution in [0.5, 0.6) is 11.5 Å². The first kappa shape index (κ1) is 15.5. The Morgan fingerprint density at radius 2 is 1.70 bits per heavy atom. The van der Waals surface area contributed by atoms with E-state index in [4.69, 9.17) is 32.7 Å². The molecule has 0 saturated heterocycles. The number of halogens is 3. The second-order valence-corrected chi connectivity index (χ2v) is 5.90. The third-order valence-corrected chi connectivity index (χ3v) is 4.21. The molecule has 0 aromatic heterocycles. The predicted molar refractivity (Wildman–Crippen MR) is 86.4 cm³/mol. The second kappa shape index (κ2) is 6.70. The van der Waals surface area contributed by atoms with Crippen LogP contribution in [0.3, 0.4) is 0 Å². The third-order valence-electron chi connectivity index (χ3n) is 2.94. The quantitative estimate of drug-likeness (QED) is 0.661. The van der Waals surface area contributed by atoms with E-state index in [0.717, 1.165) is 21.3 Å². The van der Waals surface area contributed by atoms with Crippen LogP contribution in [0.1, 0.15) is 16.5 Å². The highest BCUT2D eigenvalue weighted by Crippen LogP contribution is 2.38. The van der Waals surface area contributed by atoms with Crippen molar-refractivity contribution in [2.24, 2.45) is 0 Å². The van der Waals surface area contributed by atoms with Gasteiger partial charge >= 0.3 is 0 Å². The van der Waals surface area contributed by atoms with Gasteiger partial charge in [0.25, 0.3) is 0 Å². The maximum absolute atomic E-state index is 6.54. The molecule has 0 fully saturated rings. The van der Waals surface area contributed by atoms with Crippen LogP contribution in [0, 0.1) is 0 Å². The molecule has 2 rings (SSSR count). The molecule has 1 unspecified atom stereocenters. The summed E-state index contributed by atoms with van der Waals surface area (Å²) in [4.78, 5) is 0. The zero-order valence-corrected chi connectivity index (χ0v) is 14.1. The standard InChI is InChI=1S/C15H13BrCl2O2/c1-19-13-6-3-9(7-12(13)17)15(18)11-5-4-10(16)8-14(11)20-2/h3-8,15H,1-2H3. The Bertz CT molecular complexity index is 617. The van der Waals surface area contributed by atoms with E-state index in [1.54, 1.807) is 26.4 Å². The highest BCUT2D eigenvalue weighted by Gasteiger charge is 2.17. The zero-order chi connectivity index (χ0) is 14.7. The molecule has 0 spiro atoms. The van der Waals surface area contributed by atoms with Crippen LogP contribution in [0.15, 0.2) is 40.9 Å². The van der Waals surface area contributed by atoms with Gasteiger partial charge in [-0.25, -0.2) is 0 Å². The largest absolute Gasteiger partial charge is 0.496 e. The summed E-state index contributed by atoms with van der Waals surface area (Å²) in [5.74, 6) is 1.35. The van der Waals surface area contributed by atoms with Crippen molar-refractivity contribution in [2.75, 3.05) is 14.2 Å². The highest BCUT2D eigenvalue weighted by molar-refractivity contribution is 9.10. The summed E-state index contributed by atoms with van der Waals surface area (Å²) in [5, 5.41) is 0.188. The van der Waals surface area contributed by atoms with Crippen LogP contribution in [0.4, 0.5) is 0 Å². The van der Waals surface area contributed by atoms with E-state index in [-0.39, 0.29) is 5.38 Å². The molecule has 20 heavy (non-hydrogen) atoms. The molecular formula is C15H13BrCl2O2. The van der Waals surface area contributed by atoms with E-state index in [1.165, 1.54) is 0 Å². The van der Waals surface area contributed by atoms with Gasteiger partial charge in [0.1, 0.15) is 11.5 Å². The van der Waals surface area contributed by atoms with Crippen molar-refractivity contribution in [2.45, 2.75) is 5.38 Å². The molecule has 0 bridgehead atoms. The van der Waals surface area contributed by atoms with E-state index in [0.29, 0.717) is 10.8 Å². The number of rotatable bonds is 4. The van der Waals surface area contributed by atoms with Crippen LogP contribution in [0.25, 0.3) is 0 Å². The van der Waals surface area contributed by atoms with Crippen LogP contribution in [0.2, 0.25) is 5.02 Å². The van der Waals surface area contributed by atoms with Gasteiger partial charge in [0.15, 0.2) is 0 Å². The molecule has 0 saturated carbocycles. The second-order valence-electron chi connectivity index (χ2n) is 4.14. The van der Waals surface area contributed by atoms with Crippen molar-refractivity contribution < 1.29 is 9.47 Å². The third kappa shape index (κ3) is 3.22. The lowest BCUT2D eigenvalue weighted by atomic mass is 10.0. The summed E-state index contributed by atoms with van der Waals surface area (Å²) in [7, 11) is 3.20. The molecule has 2 nitrogen and oxygen atoms in total.